The third kappa shape index (κ3) is 62.1. The van der Waals surface area contributed by atoms with E-state index >= 15 is 0 Å². The molecule has 0 N–H and O–H groups in total. The first-order chi connectivity index (χ1) is 37.0. The lowest BCUT2D eigenvalue weighted by Gasteiger charge is -2.18. The van der Waals surface area contributed by atoms with Crippen molar-refractivity contribution < 1.29 is 28.6 Å². The Bertz CT molecular complexity index is 1300. The molecule has 0 aromatic heterocycles. The summed E-state index contributed by atoms with van der Waals surface area (Å²) in [6.45, 7) is 6.47. The second-order valence-electron chi connectivity index (χ2n) is 22.4. The summed E-state index contributed by atoms with van der Waals surface area (Å²) in [6, 6.07) is 0. The van der Waals surface area contributed by atoms with Crippen LogP contribution in [0, 0.1) is 0 Å². The van der Waals surface area contributed by atoms with E-state index in [2.05, 4.69) is 69.4 Å². The molecule has 0 spiro atoms. The summed E-state index contributed by atoms with van der Waals surface area (Å²) in [5.74, 6) is -0.912. The van der Waals surface area contributed by atoms with Crippen molar-refractivity contribution in [2.45, 2.75) is 361 Å². The number of carbonyl (C=O) groups excluding carboxylic acids is 3. The number of carbonyl (C=O) groups is 3. The molecule has 0 radical (unpaired) electrons. The molecule has 0 rings (SSSR count). The van der Waals surface area contributed by atoms with Gasteiger partial charge in [0, 0.05) is 19.3 Å². The Morgan fingerprint density at radius 1 is 0.280 bits per heavy atom. The van der Waals surface area contributed by atoms with Crippen LogP contribution in [0.2, 0.25) is 0 Å². The van der Waals surface area contributed by atoms with Gasteiger partial charge in [0.1, 0.15) is 13.2 Å². The first-order valence-electron chi connectivity index (χ1n) is 33.1. The van der Waals surface area contributed by atoms with Crippen molar-refractivity contribution >= 4 is 17.9 Å². The van der Waals surface area contributed by atoms with Gasteiger partial charge in [-0.2, -0.15) is 0 Å². The molecule has 0 aromatic rings. The Balaban J connectivity index is 3.98. The molecule has 438 valence electrons. The van der Waals surface area contributed by atoms with Crippen molar-refractivity contribution in [1.82, 2.24) is 0 Å². The highest BCUT2D eigenvalue weighted by Crippen LogP contribution is 2.18. The zero-order valence-corrected chi connectivity index (χ0v) is 50.3. The van der Waals surface area contributed by atoms with Gasteiger partial charge in [0.25, 0.3) is 0 Å². The molecular weight excluding hydrogens is 925 g/mol. The fourth-order valence-electron chi connectivity index (χ4n) is 9.88. The van der Waals surface area contributed by atoms with Gasteiger partial charge in [-0.25, -0.2) is 0 Å². The third-order valence-corrected chi connectivity index (χ3v) is 14.8. The van der Waals surface area contributed by atoms with E-state index in [1.807, 2.05) is 0 Å². The predicted octanol–water partition coefficient (Wildman–Crippen LogP) is 22.6. The SMILES string of the molecule is CC/C=C\C/C=C\C/C=C\CCCCCC(=O)OC(COC(=O)CCCCCCC/C=C\CCC)COC(=O)CCCCCCCCCCCCCCCCCCCCCCCCCCCCCCCCCCCC. The van der Waals surface area contributed by atoms with Crippen molar-refractivity contribution in [3.05, 3.63) is 48.6 Å². The average molecular weight is 1050 g/mol. The number of allylic oxidation sites excluding steroid dienone is 8. The van der Waals surface area contributed by atoms with Crippen molar-refractivity contribution in [2.24, 2.45) is 0 Å². The minimum Gasteiger partial charge on any atom is -0.462 e. The molecule has 0 aliphatic carbocycles. The molecule has 75 heavy (non-hydrogen) atoms. The lowest BCUT2D eigenvalue weighted by Crippen LogP contribution is -2.30. The zero-order chi connectivity index (χ0) is 54.3. The zero-order valence-electron chi connectivity index (χ0n) is 50.3. The Labute approximate surface area is 467 Å². The van der Waals surface area contributed by atoms with Crippen molar-refractivity contribution in [3.8, 4) is 0 Å². The van der Waals surface area contributed by atoms with E-state index in [-0.39, 0.29) is 31.1 Å². The fourth-order valence-corrected chi connectivity index (χ4v) is 9.88. The van der Waals surface area contributed by atoms with Gasteiger partial charge in [0.15, 0.2) is 6.10 Å². The van der Waals surface area contributed by atoms with Crippen LogP contribution in [-0.2, 0) is 28.6 Å². The van der Waals surface area contributed by atoms with E-state index in [0.29, 0.717) is 19.3 Å². The van der Waals surface area contributed by atoms with Crippen LogP contribution in [0.1, 0.15) is 355 Å². The first-order valence-corrected chi connectivity index (χ1v) is 33.1. The highest BCUT2D eigenvalue weighted by molar-refractivity contribution is 5.71. The van der Waals surface area contributed by atoms with E-state index in [0.717, 1.165) is 96.3 Å². The molecule has 0 aliphatic rings. The predicted molar refractivity (Wildman–Crippen MR) is 325 cm³/mol. The van der Waals surface area contributed by atoms with E-state index in [4.69, 9.17) is 14.2 Å². The maximum absolute atomic E-state index is 12.8. The number of hydrogen-bond acceptors (Lipinski definition) is 6. The normalized spacial score (nSPS) is 12.3. The quantitative estimate of drug-likeness (QED) is 0.0261. The van der Waals surface area contributed by atoms with Gasteiger partial charge < -0.3 is 14.2 Å². The van der Waals surface area contributed by atoms with Gasteiger partial charge in [-0.05, 0) is 70.6 Å². The lowest BCUT2D eigenvalue weighted by atomic mass is 10.0. The highest BCUT2D eigenvalue weighted by atomic mass is 16.6. The summed E-state index contributed by atoms with van der Waals surface area (Å²) in [5.41, 5.74) is 0. The molecule has 6 heteroatoms. The Morgan fingerprint density at radius 2 is 0.547 bits per heavy atom. The number of ether oxygens (including phenoxy) is 3. The molecule has 0 amide bonds. The molecule has 0 aliphatic heterocycles. The van der Waals surface area contributed by atoms with E-state index < -0.39 is 6.10 Å². The lowest BCUT2D eigenvalue weighted by molar-refractivity contribution is -0.167. The third-order valence-electron chi connectivity index (χ3n) is 14.8. The molecular formula is C69H126O6. The van der Waals surface area contributed by atoms with Crippen LogP contribution in [0.3, 0.4) is 0 Å². The molecule has 1 unspecified atom stereocenters. The van der Waals surface area contributed by atoms with Crippen LogP contribution >= 0.6 is 0 Å². The van der Waals surface area contributed by atoms with Gasteiger partial charge in [-0.3, -0.25) is 14.4 Å². The van der Waals surface area contributed by atoms with E-state index in [1.165, 1.54) is 218 Å². The van der Waals surface area contributed by atoms with Crippen molar-refractivity contribution in [2.75, 3.05) is 13.2 Å². The first kappa shape index (κ1) is 72.4. The number of rotatable bonds is 61. The number of esters is 3. The van der Waals surface area contributed by atoms with Crippen LogP contribution < -0.4 is 0 Å². The number of unbranched alkanes of at least 4 members (excludes halogenated alkanes) is 42. The molecule has 0 bridgehead atoms. The van der Waals surface area contributed by atoms with Crippen LogP contribution in [0.4, 0.5) is 0 Å². The van der Waals surface area contributed by atoms with E-state index in [9.17, 15) is 14.4 Å². The average Bonchev–Trinajstić information content (AvgIpc) is 3.41. The van der Waals surface area contributed by atoms with Crippen molar-refractivity contribution in [1.29, 1.82) is 0 Å². The molecule has 0 saturated carbocycles. The second kappa shape index (κ2) is 63.9. The Hall–Kier alpha value is -2.63. The molecule has 0 aromatic carbocycles. The smallest absolute Gasteiger partial charge is 0.306 e. The maximum atomic E-state index is 12.8. The Kier molecular flexibility index (Phi) is 61.7. The van der Waals surface area contributed by atoms with Crippen LogP contribution in [0.15, 0.2) is 48.6 Å². The molecule has 0 fully saturated rings. The van der Waals surface area contributed by atoms with Crippen LogP contribution in [0.25, 0.3) is 0 Å². The number of hydrogen-bond donors (Lipinski definition) is 0. The largest absolute Gasteiger partial charge is 0.462 e. The van der Waals surface area contributed by atoms with Gasteiger partial charge in [0.2, 0.25) is 0 Å². The maximum Gasteiger partial charge on any atom is 0.306 e. The summed E-state index contributed by atoms with van der Waals surface area (Å²) in [5, 5.41) is 0. The van der Waals surface area contributed by atoms with Crippen LogP contribution in [-0.4, -0.2) is 37.2 Å². The summed E-state index contributed by atoms with van der Waals surface area (Å²) in [6.07, 6.45) is 80.4. The summed E-state index contributed by atoms with van der Waals surface area (Å²) < 4.78 is 16.8. The molecule has 0 saturated heterocycles. The highest BCUT2D eigenvalue weighted by Gasteiger charge is 2.19. The molecule has 1 atom stereocenters. The van der Waals surface area contributed by atoms with Crippen molar-refractivity contribution in [3.63, 3.8) is 0 Å². The fraction of sp³-hybridized carbons (Fsp3) is 0.841. The molecule has 0 heterocycles. The Morgan fingerprint density at radius 3 is 0.893 bits per heavy atom. The van der Waals surface area contributed by atoms with E-state index in [1.54, 1.807) is 0 Å². The topological polar surface area (TPSA) is 78.9 Å². The summed E-state index contributed by atoms with van der Waals surface area (Å²) in [7, 11) is 0. The van der Waals surface area contributed by atoms with Gasteiger partial charge in [-0.1, -0.05) is 313 Å². The molecule has 6 nitrogen and oxygen atoms in total. The monoisotopic (exact) mass is 1050 g/mol. The van der Waals surface area contributed by atoms with Gasteiger partial charge in [-0.15, -0.1) is 0 Å². The minimum atomic E-state index is -0.789. The van der Waals surface area contributed by atoms with Gasteiger partial charge >= 0.3 is 17.9 Å². The summed E-state index contributed by atoms with van der Waals surface area (Å²) >= 11 is 0. The summed E-state index contributed by atoms with van der Waals surface area (Å²) in [4.78, 5) is 38.1. The standard InChI is InChI=1S/C69H126O6/c1-4-7-10-13-16-19-22-24-25-26-27-28-29-30-31-32-33-34-35-36-37-38-39-40-41-42-43-44-46-47-50-53-56-59-62-68(71)74-65-66(64-73-67(70)61-58-55-52-49-21-18-15-12-9-6-3)75-69(72)63-60-57-54-51-48-45-23-20-17-14-11-8-5-2/h8,11-12,15,17,20,45,48,66H,4-7,9-10,13-14,16,18-19,21-44,46-47,49-65H2,1-3H3/b11-8-,15-12-,20-17-,48-45-. The minimum absolute atomic E-state index is 0.0850. The van der Waals surface area contributed by atoms with Gasteiger partial charge in [0.05, 0.1) is 0 Å². The van der Waals surface area contributed by atoms with Crippen LogP contribution in [0.5, 0.6) is 0 Å². The second-order valence-corrected chi connectivity index (χ2v) is 22.4.